The first-order valence-electron chi connectivity index (χ1n) is 18.6. The van der Waals surface area contributed by atoms with Crippen molar-refractivity contribution in [1.82, 2.24) is 0 Å². The number of hydrogen-bond acceptors (Lipinski definition) is 4. The molecule has 0 amide bonds. The van der Waals surface area contributed by atoms with Crippen molar-refractivity contribution in [3.05, 3.63) is 129 Å². The third-order valence-corrected chi connectivity index (χ3v) is 9.31. The second-order valence-electron chi connectivity index (χ2n) is 13.2. The molecule has 0 saturated carbocycles. The number of carbonyl (C=O) groups excluding carboxylic acids is 2. The highest BCUT2D eigenvalue weighted by molar-refractivity contribution is 6.28. The van der Waals surface area contributed by atoms with Gasteiger partial charge in [-0.1, -0.05) is 77.1 Å². The normalized spacial score (nSPS) is 11.5. The van der Waals surface area contributed by atoms with Gasteiger partial charge >= 0.3 is 0 Å². The first kappa shape index (κ1) is 36.2. The average Bonchev–Trinajstić information content (AvgIpc) is 3.16. The molecule has 4 aromatic carbocycles. The third kappa shape index (κ3) is 9.13. The molecule has 0 saturated heterocycles. The molecule has 4 heteroatoms. The molecule has 0 spiro atoms. The summed E-state index contributed by atoms with van der Waals surface area (Å²) in [7, 11) is 0. The molecule has 0 aliphatic heterocycles. The van der Waals surface area contributed by atoms with Crippen LogP contribution in [0.2, 0.25) is 0 Å². The van der Waals surface area contributed by atoms with Gasteiger partial charge in [-0.25, -0.2) is 0 Å². The Morgan fingerprint density at radius 3 is 1.02 bits per heavy atom. The molecule has 0 N–H and O–H groups in total. The highest BCUT2D eigenvalue weighted by Gasteiger charge is 2.29. The predicted molar refractivity (Wildman–Crippen MR) is 209 cm³/mol. The Morgan fingerprint density at radius 2 is 0.700 bits per heavy atom. The van der Waals surface area contributed by atoms with Crippen LogP contribution in [0, 0.1) is 23.7 Å². The molecule has 1 aliphatic rings. The maximum atomic E-state index is 13.6. The van der Waals surface area contributed by atoms with E-state index in [1.165, 1.54) is 62.7 Å². The minimum atomic E-state index is -0.160. The van der Waals surface area contributed by atoms with Gasteiger partial charge in [0.1, 0.15) is 0 Å². The lowest BCUT2D eigenvalue weighted by molar-refractivity contribution is 0.0979. The predicted octanol–water partition coefficient (Wildman–Crippen LogP) is 10.1. The minimum Gasteiger partial charge on any atom is -0.372 e. The summed E-state index contributed by atoms with van der Waals surface area (Å²) >= 11 is 0. The summed E-state index contributed by atoms with van der Waals surface area (Å²) in [4.78, 5) is 32.1. The van der Waals surface area contributed by atoms with Crippen molar-refractivity contribution in [3.63, 3.8) is 0 Å². The second-order valence-corrected chi connectivity index (χ2v) is 13.2. The van der Waals surface area contributed by atoms with Gasteiger partial charge in [0.2, 0.25) is 0 Å². The molecule has 0 radical (unpaired) electrons. The summed E-state index contributed by atoms with van der Waals surface area (Å²) in [6.45, 7) is 13.2. The Bertz CT molecular complexity index is 1740. The van der Waals surface area contributed by atoms with Gasteiger partial charge in [-0.15, -0.1) is 0 Å². The molecule has 50 heavy (non-hydrogen) atoms. The maximum Gasteiger partial charge on any atom is 0.194 e. The van der Waals surface area contributed by atoms with Crippen LogP contribution in [0.15, 0.2) is 84.9 Å². The molecule has 256 valence electrons. The van der Waals surface area contributed by atoms with Crippen LogP contribution in [-0.4, -0.2) is 37.7 Å². The van der Waals surface area contributed by atoms with Gasteiger partial charge in [0.15, 0.2) is 11.6 Å². The fraction of sp³-hybridized carbons (Fsp3) is 0.348. The number of rotatable bonds is 14. The van der Waals surface area contributed by atoms with Crippen molar-refractivity contribution < 1.29 is 9.59 Å². The largest absolute Gasteiger partial charge is 0.372 e. The molecule has 0 bridgehead atoms. The minimum absolute atomic E-state index is 0.160. The van der Waals surface area contributed by atoms with E-state index in [1.54, 1.807) is 24.3 Å². The summed E-state index contributed by atoms with van der Waals surface area (Å²) in [5.74, 6) is 12.6. The first-order valence-corrected chi connectivity index (χ1v) is 18.6. The summed E-state index contributed by atoms with van der Waals surface area (Å²) in [5.41, 5.74) is 7.31. The Morgan fingerprint density at radius 1 is 0.400 bits per heavy atom. The zero-order valence-corrected chi connectivity index (χ0v) is 30.3. The Balaban J connectivity index is 1.29. The molecule has 5 rings (SSSR count). The van der Waals surface area contributed by atoms with Gasteiger partial charge in [0.05, 0.1) is 0 Å². The van der Waals surface area contributed by atoms with Crippen LogP contribution in [0.5, 0.6) is 0 Å². The standard InChI is InChI=1S/C46H50N2O2/c1-5-9-29-47(30-10-6-2)39-23-17-35(18-24-39)13-15-37-21-27-41-43(33-37)45(49)42-28-22-38(34-44(42)46(41)50)16-14-36-19-25-40(26-20-36)48(31-11-7-3)32-12-8-4/h17-28,33-34H,5-12,29-32H2,1-4H3. The SMILES string of the molecule is CCCCN(CCCC)c1ccc(C#Cc2ccc3c(c2)C(=O)c2ccc(C#Cc4ccc(N(CCCC)CCCC)cc4)cc2C3=O)cc1. The number of carbonyl (C=O) groups is 2. The number of hydrogen-bond donors (Lipinski definition) is 0. The van der Waals surface area contributed by atoms with E-state index in [0.717, 1.165) is 37.3 Å². The van der Waals surface area contributed by atoms with Crippen LogP contribution in [0.25, 0.3) is 0 Å². The molecule has 0 aromatic heterocycles. The van der Waals surface area contributed by atoms with Gasteiger partial charge in [-0.3, -0.25) is 9.59 Å². The van der Waals surface area contributed by atoms with E-state index in [9.17, 15) is 9.59 Å². The Labute approximate surface area is 299 Å². The van der Waals surface area contributed by atoms with E-state index < -0.39 is 0 Å². The Hall–Kier alpha value is -5.06. The average molecular weight is 663 g/mol. The van der Waals surface area contributed by atoms with Crippen molar-refractivity contribution in [3.8, 4) is 23.7 Å². The van der Waals surface area contributed by atoms with Crippen LogP contribution >= 0.6 is 0 Å². The Kier molecular flexibility index (Phi) is 13.1. The van der Waals surface area contributed by atoms with E-state index in [4.69, 9.17) is 0 Å². The summed E-state index contributed by atoms with van der Waals surface area (Å²) in [5, 5.41) is 0. The molecule has 0 atom stereocenters. The van der Waals surface area contributed by atoms with Crippen LogP contribution in [-0.2, 0) is 0 Å². The molecule has 4 nitrogen and oxygen atoms in total. The summed E-state index contributed by atoms with van der Waals surface area (Å²) < 4.78 is 0. The molecule has 4 aromatic rings. The number of ketones is 2. The van der Waals surface area contributed by atoms with Crippen LogP contribution in [0.1, 0.15) is 133 Å². The zero-order chi connectivity index (χ0) is 35.3. The van der Waals surface area contributed by atoms with Gasteiger partial charge in [-0.05, 0) is 111 Å². The van der Waals surface area contributed by atoms with Gasteiger partial charge in [-0.2, -0.15) is 0 Å². The fourth-order valence-electron chi connectivity index (χ4n) is 6.24. The molecule has 1 aliphatic carbocycles. The smallest absolute Gasteiger partial charge is 0.194 e. The lowest BCUT2D eigenvalue weighted by Gasteiger charge is -2.24. The lowest BCUT2D eigenvalue weighted by atomic mass is 9.82. The van der Waals surface area contributed by atoms with Crippen LogP contribution in [0.3, 0.4) is 0 Å². The number of unbranched alkanes of at least 4 members (excludes halogenated alkanes) is 4. The molecule has 0 fully saturated rings. The van der Waals surface area contributed by atoms with E-state index in [-0.39, 0.29) is 11.6 Å². The van der Waals surface area contributed by atoms with E-state index in [2.05, 4.69) is 110 Å². The highest BCUT2D eigenvalue weighted by Crippen LogP contribution is 2.29. The second kappa shape index (κ2) is 18.1. The zero-order valence-electron chi connectivity index (χ0n) is 30.3. The number of fused-ring (bicyclic) bond motifs is 2. The van der Waals surface area contributed by atoms with Crippen molar-refractivity contribution in [2.24, 2.45) is 0 Å². The number of nitrogens with zero attached hydrogens (tertiary/aromatic N) is 2. The van der Waals surface area contributed by atoms with Gasteiger partial charge < -0.3 is 9.80 Å². The lowest BCUT2D eigenvalue weighted by Crippen LogP contribution is -2.25. The highest BCUT2D eigenvalue weighted by atomic mass is 16.1. The van der Waals surface area contributed by atoms with E-state index in [0.29, 0.717) is 33.4 Å². The van der Waals surface area contributed by atoms with Crippen molar-refractivity contribution in [2.45, 2.75) is 79.1 Å². The molecular weight excluding hydrogens is 613 g/mol. The molecule has 0 heterocycles. The van der Waals surface area contributed by atoms with Crippen LogP contribution in [0.4, 0.5) is 11.4 Å². The third-order valence-electron chi connectivity index (χ3n) is 9.31. The van der Waals surface area contributed by atoms with Gasteiger partial charge in [0.25, 0.3) is 0 Å². The van der Waals surface area contributed by atoms with E-state index in [1.807, 2.05) is 12.1 Å². The maximum absolute atomic E-state index is 13.6. The molecular formula is C46H50N2O2. The van der Waals surface area contributed by atoms with E-state index >= 15 is 0 Å². The fourth-order valence-corrected chi connectivity index (χ4v) is 6.24. The number of anilines is 2. The van der Waals surface area contributed by atoms with Crippen molar-refractivity contribution >= 4 is 22.9 Å². The number of benzene rings is 4. The van der Waals surface area contributed by atoms with Crippen LogP contribution < -0.4 is 9.80 Å². The molecule has 0 unspecified atom stereocenters. The first-order chi connectivity index (χ1) is 24.4. The monoisotopic (exact) mass is 662 g/mol. The topological polar surface area (TPSA) is 40.6 Å². The van der Waals surface area contributed by atoms with Crippen molar-refractivity contribution in [2.75, 3.05) is 36.0 Å². The van der Waals surface area contributed by atoms with Gasteiger partial charge in [0, 0.05) is 82.1 Å². The quantitative estimate of drug-likeness (QED) is 0.111. The van der Waals surface area contributed by atoms with Crippen molar-refractivity contribution in [1.29, 1.82) is 0 Å². The summed E-state index contributed by atoms with van der Waals surface area (Å²) in [6, 6.07) is 27.4. The summed E-state index contributed by atoms with van der Waals surface area (Å²) in [6.07, 6.45) is 9.42.